The molecule has 4 heterocycles. The fraction of sp³-hybridized carbons (Fsp3) is 0.452. The monoisotopic (exact) mass is 672 g/mol. The molecule has 230 valence electrons. The van der Waals surface area contributed by atoms with Gasteiger partial charge in [0.1, 0.15) is 11.5 Å². The largest absolute Gasteiger partial charge is 0.373 e. The van der Waals surface area contributed by atoms with Crippen molar-refractivity contribution in [3.8, 4) is 11.3 Å². The summed E-state index contributed by atoms with van der Waals surface area (Å²) in [5.41, 5.74) is 3.41. The summed E-state index contributed by atoms with van der Waals surface area (Å²) in [6, 6.07) is 11.2. The van der Waals surface area contributed by atoms with Crippen molar-refractivity contribution in [3.05, 3.63) is 63.3 Å². The Morgan fingerprint density at radius 3 is 2.45 bits per heavy atom. The third-order valence-corrected chi connectivity index (χ3v) is 12.7. The van der Waals surface area contributed by atoms with E-state index >= 15 is 0 Å². The standard InChI is InChI=1S/C31H30Cl2N4O5S2/c32-23-2-1-3-24(33)27(23)28-22(29(42-35-28)16-4-5-16)15-41-20-13-18-7-8-19(14-20)37(18)31-34-25-11-6-17(12-26(25)43-31)30(38)36-44(39,40)21-9-10-21/h1-3,6,11-12,16,18-21H,4-5,7-10,13-15H2,(H,36,38)/t18-,19?,20?/m0/s1. The zero-order valence-electron chi connectivity index (χ0n) is 23.7. The van der Waals surface area contributed by atoms with E-state index in [1.807, 2.05) is 18.2 Å². The molecule has 0 spiro atoms. The lowest BCUT2D eigenvalue weighted by Crippen LogP contribution is -2.45. The van der Waals surface area contributed by atoms with Crippen LogP contribution in [-0.4, -0.2) is 47.9 Å². The molecule has 4 aliphatic rings. The second kappa shape index (κ2) is 11.0. The van der Waals surface area contributed by atoms with E-state index in [0.717, 1.165) is 65.2 Å². The number of anilines is 1. The summed E-state index contributed by atoms with van der Waals surface area (Å²) in [5.74, 6) is 0.649. The van der Waals surface area contributed by atoms with Crippen LogP contribution in [0.5, 0.6) is 0 Å². The molecule has 2 saturated heterocycles. The van der Waals surface area contributed by atoms with Crippen LogP contribution in [0.1, 0.15) is 79.0 Å². The zero-order chi connectivity index (χ0) is 30.2. The van der Waals surface area contributed by atoms with Gasteiger partial charge in [-0.2, -0.15) is 0 Å². The number of nitrogens with one attached hydrogen (secondary N) is 1. The van der Waals surface area contributed by atoms with Crippen molar-refractivity contribution in [1.82, 2.24) is 14.9 Å². The molecule has 3 atom stereocenters. The van der Waals surface area contributed by atoms with Gasteiger partial charge in [0.05, 0.1) is 38.2 Å². The van der Waals surface area contributed by atoms with E-state index < -0.39 is 21.2 Å². The van der Waals surface area contributed by atoms with Crippen molar-refractivity contribution in [2.45, 2.75) is 87.3 Å². The van der Waals surface area contributed by atoms with Crippen LogP contribution >= 0.6 is 34.5 Å². The van der Waals surface area contributed by atoms with Gasteiger partial charge >= 0.3 is 0 Å². The molecule has 44 heavy (non-hydrogen) atoms. The highest BCUT2D eigenvalue weighted by atomic mass is 35.5. The molecule has 4 aromatic rings. The second-order valence-electron chi connectivity index (χ2n) is 12.3. The number of piperidine rings is 1. The third kappa shape index (κ3) is 5.30. The Morgan fingerprint density at radius 2 is 1.77 bits per heavy atom. The Morgan fingerprint density at radius 1 is 1.05 bits per heavy atom. The van der Waals surface area contributed by atoms with Gasteiger partial charge < -0.3 is 14.2 Å². The first-order chi connectivity index (χ1) is 21.2. The first kappa shape index (κ1) is 28.8. The molecule has 0 radical (unpaired) electrons. The number of benzene rings is 2. The Balaban J connectivity index is 0.977. The summed E-state index contributed by atoms with van der Waals surface area (Å²) in [6.07, 6.45) is 7.33. The Labute approximate surface area is 268 Å². The van der Waals surface area contributed by atoms with Gasteiger partial charge in [-0.1, -0.05) is 45.8 Å². The van der Waals surface area contributed by atoms with Crippen LogP contribution < -0.4 is 9.62 Å². The summed E-state index contributed by atoms with van der Waals surface area (Å²) >= 11 is 14.6. The van der Waals surface area contributed by atoms with Crippen molar-refractivity contribution in [3.63, 3.8) is 0 Å². The molecule has 4 fully saturated rings. The topological polar surface area (TPSA) is 115 Å². The van der Waals surface area contributed by atoms with Gasteiger partial charge in [-0.25, -0.2) is 18.1 Å². The van der Waals surface area contributed by atoms with E-state index in [1.54, 1.807) is 29.5 Å². The molecule has 2 aliphatic heterocycles. The van der Waals surface area contributed by atoms with E-state index in [0.29, 0.717) is 64.3 Å². The number of carbonyl (C=O) groups is 1. The van der Waals surface area contributed by atoms with Crippen LogP contribution in [0.25, 0.3) is 21.5 Å². The predicted molar refractivity (Wildman–Crippen MR) is 170 cm³/mol. The number of ether oxygens (including phenoxy) is 1. The van der Waals surface area contributed by atoms with Crippen LogP contribution in [-0.2, 0) is 21.4 Å². The van der Waals surface area contributed by atoms with Crippen LogP contribution in [0.2, 0.25) is 10.0 Å². The maximum atomic E-state index is 12.7. The van der Waals surface area contributed by atoms with Crippen LogP contribution in [0.15, 0.2) is 40.9 Å². The molecule has 8 rings (SSSR count). The number of carbonyl (C=O) groups excluding carboxylic acids is 1. The first-order valence-electron chi connectivity index (χ1n) is 15.0. The molecule has 1 amide bonds. The molecule has 2 unspecified atom stereocenters. The number of fused-ring (bicyclic) bond motifs is 3. The third-order valence-electron chi connectivity index (χ3n) is 9.18. The number of sulfonamides is 1. The lowest BCUT2D eigenvalue weighted by molar-refractivity contribution is 0.0147. The molecule has 2 aromatic heterocycles. The summed E-state index contributed by atoms with van der Waals surface area (Å²) in [5, 5.41) is 5.95. The number of hydrogen-bond donors (Lipinski definition) is 1. The number of halogens is 2. The van der Waals surface area contributed by atoms with Crippen LogP contribution in [0.3, 0.4) is 0 Å². The molecular formula is C31H30Cl2N4O5S2. The molecule has 2 saturated carbocycles. The Bertz CT molecular complexity index is 1850. The highest BCUT2D eigenvalue weighted by Crippen LogP contribution is 2.47. The van der Waals surface area contributed by atoms with Gasteiger partial charge in [0.25, 0.3) is 5.91 Å². The fourth-order valence-corrected chi connectivity index (χ4v) is 9.66. The van der Waals surface area contributed by atoms with Gasteiger partial charge in [0.15, 0.2) is 5.13 Å². The fourth-order valence-electron chi connectivity index (χ4n) is 6.64. The summed E-state index contributed by atoms with van der Waals surface area (Å²) in [7, 11) is -3.61. The van der Waals surface area contributed by atoms with Crippen LogP contribution in [0.4, 0.5) is 5.13 Å². The van der Waals surface area contributed by atoms with Crippen molar-refractivity contribution >= 4 is 65.8 Å². The Kier molecular flexibility index (Phi) is 7.17. The van der Waals surface area contributed by atoms with Crippen molar-refractivity contribution in [2.24, 2.45) is 0 Å². The normalized spacial score (nSPS) is 23.4. The van der Waals surface area contributed by atoms with Gasteiger partial charge in [-0.15, -0.1) is 0 Å². The molecule has 2 aromatic carbocycles. The second-order valence-corrected chi connectivity index (χ2v) is 16.1. The molecule has 9 nitrogen and oxygen atoms in total. The number of thiazole rings is 1. The number of rotatable bonds is 9. The highest BCUT2D eigenvalue weighted by molar-refractivity contribution is 7.91. The minimum absolute atomic E-state index is 0.0818. The minimum atomic E-state index is -3.61. The smallest absolute Gasteiger partial charge is 0.264 e. The average Bonchev–Trinajstić information content (AvgIpc) is 3.92. The lowest BCUT2D eigenvalue weighted by atomic mass is 10.00. The van der Waals surface area contributed by atoms with Gasteiger partial charge in [0, 0.05) is 34.7 Å². The SMILES string of the molecule is O=C(NS(=O)(=O)C1CC1)c1ccc2nc(N3C4CC[C@H]3CC(OCc3c(-c5c(Cl)cccc5Cl)noc3C3CC3)C4)sc2c1. The van der Waals surface area contributed by atoms with Crippen LogP contribution in [0, 0.1) is 0 Å². The van der Waals surface area contributed by atoms with E-state index in [9.17, 15) is 13.2 Å². The van der Waals surface area contributed by atoms with Gasteiger partial charge in [-0.3, -0.25) is 4.79 Å². The first-order valence-corrected chi connectivity index (χ1v) is 18.2. The molecule has 13 heteroatoms. The lowest BCUT2D eigenvalue weighted by Gasteiger charge is -2.38. The number of hydrogen-bond acceptors (Lipinski definition) is 9. The van der Waals surface area contributed by atoms with E-state index in [2.05, 4.69) is 14.8 Å². The molecule has 1 N–H and O–H groups in total. The van der Waals surface area contributed by atoms with Crippen molar-refractivity contribution in [2.75, 3.05) is 4.90 Å². The maximum absolute atomic E-state index is 12.7. The summed E-state index contributed by atoms with van der Waals surface area (Å²) in [6.45, 7) is 0.388. The molecule has 2 bridgehead atoms. The molecular weight excluding hydrogens is 643 g/mol. The van der Waals surface area contributed by atoms with E-state index in [1.165, 1.54) is 0 Å². The Hall–Kier alpha value is -2.70. The van der Waals surface area contributed by atoms with Gasteiger partial charge in [0.2, 0.25) is 10.0 Å². The quantitative estimate of drug-likeness (QED) is 0.201. The highest BCUT2D eigenvalue weighted by Gasteiger charge is 2.43. The van der Waals surface area contributed by atoms with Crippen molar-refractivity contribution in [1.29, 1.82) is 0 Å². The predicted octanol–water partition coefficient (Wildman–Crippen LogP) is 7.07. The average molecular weight is 674 g/mol. The summed E-state index contributed by atoms with van der Waals surface area (Å²) in [4.78, 5) is 20.0. The number of nitrogens with zero attached hydrogens (tertiary/aromatic N) is 3. The van der Waals surface area contributed by atoms with E-state index in [4.69, 9.17) is 37.4 Å². The van der Waals surface area contributed by atoms with E-state index in [-0.39, 0.29) is 6.10 Å². The maximum Gasteiger partial charge on any atom is 0.264 e. The zero-order valence-corrected chi connectivity index (χ0v) is 26.8. The van der Waals surface area contributed by atoms with Crippen molar-refractivity contribution < 1.29 is 22.5 Å². The van der Waals surface area contributed by atoms with Gasteiger partial charge in [-0.05, 0) is 81.7 Å². The number of amides is 1. The summed E-state index contributed by atoms with van der Waals surface area (Å²) < 4.78 is 40.0. The molecule has 2 aliphatic carbocycles. The minimum Gasteiger partial charge on any atom is -0.373 e. The number of aromatic nitrogens is 2.